The van der Waals surface area contributed by atoms with E-state index in [0.717, 1.165) is 22.6 Å². The molecule has 27 heavy (non-hydrogen) atoms. The summed E-state index contributed by atoms with van der Waals surface area (Å²) in [6.07, 6.45) is 1.07. The van der Waals surface area contributed by atoms with Gasteiger partial charge < -0.3 is 10.1 Å². The number of benzene rings is 2. The summed E-state index contributed by atoms with van der Waals surface area (Å²) in [4.78, 5) is 16.7. The summed E-state index contributed by atoms with van der Waals surface area (Å²) in [6, 6.07) is 14.2. The molecule has 0 saturated heterocycles. The fourth-order valence-electron chi connectivity index (χ4n) is 2.78. The largest absolute Gasteiger partial charge is 0.493 e. The number of nitrogens with zero attached hydrogens (tertiary/aromatic N) is 1. The molecule has 0 radical (unpaired) electrons. The third-order valence-corrected chi connectivity index (χ3v) is 5.08. The molecule has 1 aromatic heterocycles. The predicted molar refractivity (Wildman–Crippen MR) is 112 cm³/mol. The van der Waals surface area contributed by atoms with Crippen LogP contribution in [0.15, 0.2) is 47.8 Å². The summed E-state index contributed by atoms with van der Waals surface area (Å²) in [5.41, 5.74) is 5.49. The van der Waals surface area contributed by atoms with Crippen molar-refractivity contribution in [3.63, 3.8) is 0 Å². The number of anilines is 1. The van der Waals surface area contributed by atoms with Gasteiger partial charge in [-0.3, -0.25) is 4.79 Å². The highest BCUT2D eigenvalue weighted by atomic mass is 32.1. The van der Waals surface area contributed by atoms with E-state index in [4.69, 9.17) is 4.74 Å². The molecule has 5 heteroatoms. The van der Waals surface area contributed by atoms with Crippen LogP contribution in [0.2, 0.25) is 0 Å². The molecule has 0 unspecified atom stereocenters. The van der Waals surface area contributed by atoms with Crippen molar-refractivity contribution in [2.24, 2.45) is 0 Å². The van der Waals surface area contributed by atoms with E-state index < -0.39 is 0 Å². The number of hydrogen-bond donors (Lipinski definition) is 1. The maximum absolute atomic E-state index is 12.2. The number of hydrogen-bond acceptors (Lipinski definition) is 4. The Morgan fingerprint density at radius 1 is 1.11 bits per heavy atom. The maximum atomic E-state index is 12.2. The number of aromatic nitrogens is 1. The first-order chi connectivity index (χ1) is 13.0. The summed E-state index contributed by atoms with van der Waals surface area (Å²) in [7, 11) is 0. The fourth-order valence-corrected chi connectivity index (χ4v) is 3.51. The number of carbonyl (C=O) groups excluding carboxylic acids is 1. The number of amides is 1. The molecule has 0 aliphatic rings. The molecule has 4 nitrogen and oxygen atoms in total. The molecule has 3 aromatic rings. The van der Waals surface area contributed by atoms with Crippen molar-refractivity contribution in [2.75, 3.05) is 11.9 Å². The molecule has 0 spiro atoms. The number of nitrogens with one attached hydrogen (secondary N) is 1. The summed E-state index contributed by atoms with van der Waals surface area (Å²) in [6.45, 7) is 6.67. The molecule has 140 valence electrons. The number of thiazole rings is 1. The van der Waals surface area contributed by atoms with Crippen molar-refractivity contribution < 1.29 is 9.53 Å². The Morgan fingerprint density at radius 2 is 1.93 bits per heavy atom. The molecule has 2 aromatic carbocycles. The van der Waals surface area contributed by atoms with Gasteiger partial charge in [-0.05, 0) is 50.5 Å². The van der Waals surface area contributed by atoms with Gasteiger partial charge >= 0.3 is 0 Å². The number of ether oxygens (including phenoxy) is 1. The van der Waals surface area contributed by atoms with E-state index in [1.165, 1.54) is 22.5 Å². The lowest BCUT2D eigenvalue weighted by atomic mass is 10.0. The molecule has 0 aliphatic carbocycles. The monoisotopic (exact) mass is 380 g/mol. The molecule has 0 bridgehead atoms. The standard InChI is InChI=1S/C22H24N2O2S/c1-15-10-11-16(2)18(13-15)19-14-27-22(23-19)24-21(25)9-6-12-26-20-8-5-4-7-17(20)3/h4-5,7-8,10-11,13-14H,6,9,12H2,1-3H3,(H,23,24,25). The van der Waals surface area contributed by atoms with Crippen LogP contribution in [0.1, 0.15) is 29.5 Å². The third-order valence-electron chi connectivity index (χ3n) is 4.32. The lowest BCUT2D eigenvalue weighted by Gasteiger charge is -2.08. The first-order valence-corrected chi connectivity index (χ1v) is 9.92. The molecule has 0 atom stereocenters. The van der Waals surface area contributed by atoms with E-state index in [1.54, 1.807) is 0 Å². The van der Waals surface area contributed by atoms with E-state index in [1.807, 2.05) is 36.6 Å². The second kappa shape index (κ2) is 8.82. The van der Waals surface area contributed by atoms with Crippen LogP contribution < -0.4 is 10.1 Å². The van der Waals surface area contributed by atoms with Crippen molar-refractivity contribution in [1.82, 2.24) is 4.98 Å². The van der Waals surface area contributed by atoms with Gasteiger partial charge in [-0.15, -0.1) is 11.3 Å². The number of rotatable bonds is 7. The van der Waals surface area contributed by atoms with Gasteiger partial charge in [-0.2, -0.15) is 0 Å². The van der Waals surface area contributed by atoms with Crippen molar-refractivity contribution in [1.29, 1.82) is 0 Å². The van der Waals surface area contributed by atoms with Gasteiger partial charge in [0.1, 0.15) is 5.75 Å². The van der Waals surface area contributed by atoms with Gasteiger partial charge in [-0.25, -0.2) is 4.98 Å². The van der Waals surface area contributed by atoms with E-state index >= 15 is 0 Å². The van der Waals surface area contributed by atoms with Gasteiger partial charge in [0.2, 0.25) is 5.91 Å². The molecule has 0 fully saturated rings. The van der Waals surface area contributed by atoms with Crippen LogP contribution in [0.5, 0.6) is 5.75 Å². The van der Waals surface area contributed by atoms with Crippen molar-refractivity contribution >= 4 is 22.4 Å². The Balaban J connectivity index is 1.49. The first-order valence-electron chi connectivity index (χ1n) is 9.04. The normalized spacial score (nSPS) is 10.6. The maximum Gasteiger partial charge on any atom is 0.226 e. The average molecular weight is 381 g/mol. The first kappa shape index (κ1) is 19.1. The summed E-state index contributed by atoms with van der Waals surface area (Å²) >= 11 is 1.45. The molecule has 1 amide bonds. The lowest BCUT2D eigenvalue weighted by molar-refractivity contribution is -0.116. The third kappa shape index (κ3) is 5.17. The average Bonchev–Trinajstić information content (AvgIpc) is 3.10. The topological polar surface area (TPSA) is 51.2 Å². The zero-order valence-corrected chi connectivity index (χ0v) is 16.7. The zero-order chi connectivity index (χ0) is 19.2. The van der Waals surface area contributed by atoms with Gasteiger partial charge in [0.05, 0.1) is 12.3 Å². The number of aryl methyl sites for hydroxylation is 3. The smallest absolute Gasteiger partial charge is 0.226 e. The van der Waals surface area contributed by atoms with Crippen LogP contribution in [0, 0.1) is 20.8 Å². The van der Waals surface area contributed by atoms with Crippen LogP contribution in [-0.4, -0.2) is 17.5 Å². The van der Waals surface area contributed by atoms with E-state index in [2.05, 4.69) is 42.3 Å². The highest BCUT2D eigenvalue weighted by molar-refractivity contribution is 7.14. The Labute approximate surface area is 164 Å². The molecule has 0 aliphatic heterocycles. The predicted octanol–water partition coefficient (Wildman–Crippen LogP) is 5.53. The Morgan fingerprint density at radius 3 is 2.74 bits per heavy atom. The van der Waals surface area contributed by atoms with Gasteiger partial charge in [-0.1, -0.05) is 35.9 Å². The van der Waals surface area contributed by atoms with Crippen molar-refractivity contribution in [3.8, 4) is 17.0 Å². The van der Waals surface area contributed by atoms with Crippen molar-refractivity contribution in [2.45, 2.75) is 33.6 Å². The number of para-hydroxylation sites is 1. The summed E-state index contributed by atoms with van der Waals surface area (Å²) in [5, 5.41) is 5.51. The SMILES string of the molecule is Cc1ccc(C)c(-c2csc(NC(=O)CCCOc3ccccc3C)n2)c1. The van der Waals surface area contributed by atoms with Crippen LogP contribution in [-0.2, 0) is 4.79 Å². The highest BCUT2D eigenvalue weighted by Crippen LogP contribution is 2.28. The second-order valence-electron chi connectivity index (χ2n) is 6.62. The van der Waals surface area contributed by atoms with Gasteiger partial charge in [0.25, 0.3) is 0 Å². The minimum absolute atomic E-state index is 0.0368. The van der Waals surface area contributed by atoms with E-state index in [9.17, 15) is 4.79 Å². The van der Waals surface area contributed by atoms with E-state index in [0.29, 0.717) is 24.6 Å². The quantitative estimate of drug-likeness (QED) is 0.548. The lowest BCUT2D eigenvalue weighted by Crippen LogP contribution is -2.12. The fraction of sp³-hybridized carbons (Fsp3) is 0.273. The van der Waals surface area contributed by atoms with Crippen molar-refractivity contribution in [3.05, 3.63) is 64.5 Å². The minimum Gasteiger partial charge on any atom is -0.493 e. The Kier molecular flexibility index (Phi) is 6.24. The number of carbonyl (C=O) groups is 1. The highest BCUT2D eigenvalue weighted by Gasteiger charge is 2.10. The molecule has 0 saturated carbocycles. The summed E-state index contributed by atoms with van der Waals surface area (Å²) in [5.74, 6) is 0.834. The molecular formula is C22H24N2O2S. The van der Waals surface area contributed by atoms with E-state index in [-0.39, 0.29) is 5.91 Å². The Bertz CT molecular complexity index is 934. The van der Waals surface area contributed by atoms with Crippen LogP contribution in [0.3, 0.4) is 0 Å². The molecule has 1 heterocycles. The second-order valence-corrected chi connectivity index (χ2v) is 7.48. The minimum atomic E-state index is -0.0368. The zero-order valence-electron chi connectivity index (χ0n) is 15.9. The Hall–Kier alpha value is -2.66. The van der Waals surface area contributed by atoms with Crippen LogP contribution >= 0.6 is 11.3 Å². The van der Waals surface area contributed by atoms with Crippen LogP contribution in [0.25, 0.3) is 11.3 Å². The summed E-state index contributed by atoms with van der Waals surface area (Å²) < 4.78 is 5.73. The van der Waals surface area contributed by atoms with Crippen LogP contribution in [0.4, 0.5) is 5.13 Å². The molecule has 1 N–H and O–H groups in total. The molecule has 3 rings (SSSR count). The van der Waals surface area contributed by atoms with Gasteiger partial charge in [0.15, 0.2) is 5.13 Å². The molecular weight excluding hydrogens is 356 g/mol. The van der Waals surface area contributed by atoms with Gasteiger partial charge in [0, 0.05) is 17.4 Å².